The van der Waals surface area contributed by atoms with Gasteiger partial charge in [0.05, 0.1) is 29.4 Å². The van der Waals surface area contributed by atoms with E-state index in [4.69, 9.17) is 4.98 Å². The first-order valence-corrected chi connectivity index (χ1v) is 11.7. The summed E-state index contributed by atoms with van der Waals surface area (Å²) in [4.78, 5) is 8.59. The fourth-order valence-electron chi connectivity index (χ4n) is 3.83. The van der Waals surface area contributed by atoms with Crippen molar-refractivity contribution in [3.63, 3.8) is 0 Å². The van der Waals surface area contributed by atoms with Gasteiger partial charge in [-0.3, -0.25) is 0 Å². The van der Waals surface area contributed by atoms with Gasteiger partial charge < -0.3 is 4.90 Å². The molecule has 0 saturated heterocycles. The maximum Gasteiger partial charge on any atom is 0.325 e. The zero-order chi connectivity index (χ0) is 20.8. The van der Waals surface area contributed by atoms with E-state index in [1.807, 2.05) is 24.0 Å². The summed E-state index contributed by atoms with van der Waals surface area (Å²) < 4.78 is 2.12. The van der Waals surface area contributed by atoms with E-state index in [0.29, 0.717) is 0 Å². The molecule has 2 aromatic carbocycles. The highest BCUT2D eigenvalue weighted by Gasteiger charge is 2.26. The molecule has 1 aromatic heterocycles. The lowest BCUT2D eigenvalue weighted by Gasteiger charge is -2.20. The highest BCUT2D eigenvalue weighted by Crippen LogP contribution is 2.46. The van der Waals surface area contributed by atoms with Gasteiger partial charge in [-0.25, -0.2) is 4.57 Å². The maximum atomic E-state index is 4.78. The van der Waals surface area contributed by atoms with Crippen LogP contribution in [0.4, 0.5) is 5.69 Å². The van der Waals surface area contributed by atoms with Crippen LogP contribution < -0.4 is 9.47 Å². The van der Waals surface area contributed by atoms with Gasteiger partial charge >= 0.3 is 5.82 Å². The molecule has 0 atom stereocenters. The molecule has 30 heavy (non-hydrogen) atoms. The lowest BCUT2D eigenvalue weighted by atomic mass is 10.1. The summed E-state index contributed by atoms with van der Waals surface area (Å²) in [6.07, 6.45) is 12.8. The monoisotopic (exact) mass is 416 g/mol. The largest absolute Gasteiger partial charge is 0.335 e. The zero-order valence-electron chi connectivity index (χ0n) is 17.9. The summed E-state index contributed by atoms with van der Waals surface area (Å²) in [5, 5.41) is 1.27. The molecule has 4 rings (SSSR count). The third-order valence-corrected chi connectivity index (χ3v) is 6.62. The quantitative estimate of drug-likeness (QED) is 0.311. The molecule has 3 aromatic rings. The lowest BCUT2D eigenvalue weighted by Crippen LogP contribution is -2.33. The minimum Gasteiger partial charge on any atom is -0.335 e. The van der Waals surface area contributed by atoms with Gasteiger partial charge in [-0.05, 0) is 29.1 Å². The second-order valence-corrected chi connectivity index (χ2v) is 8.86. The van der Waals surface area contributed by atoms with Crippen LogP contribution in [0.5, 0.6) is 0 Å². The Hall–Kier alpha value is -2.59. The van der Waals surface area contributed by atoms with Crippen LogP contribution in [0.25, 0.3) is 17.2 Å². The van der Waals surface area contributed by atoms with Crippen LogP contribution in [0, 0.1) is 0 Å². The van der Waals surface area contributed by atoms with Gasteiger partial charge in [0, 0.05) is 11.4 Å². The normalized spacial score (nSPS) is 14.3. The van der Waals surface area contributed by atoms with Gasteiger partial charge in [0.15, 0.2) is 6.20 Å². The van der Waals surface area contributed by atoms with E-state index in [9.17, 15) is 0 Å². The number of para-hydroxylation sites is 1. The third kappa shape index (κ3) is 4.76. The molecule has 0 spiro atoms. The van der Waals surface area contributed by atoms with Crippen molar-refractivity contribution in [2.24, 2.45) is 7.05 Å². The minimum absolute atomic E-state index is 0.973. The fourth-order valence-corrected chi connectivity index (χ4v) is 4.95. The molecule has 0 saturated carbocycles. The highest BCUT2D eigenvalue weighted by atomic mass is 32.2. The van der Waals surface area contributed by atoms with Crippen LogP contribution in [-0.4, -0.2) is 11.5 Å². The molecule has 0 fully saturated rings. The number of fused-ring (bicyclic) bond motifs is 1. The van der Waals surface area contributed by atoms with E-state index in [1.165, 1.54) is 53.3 Å². The molecule has 3 nitrogen and oxygen atoms in total. The Morgan fingerprint density at radius 3 is 2.50 bits per heavy atom. The second kappa shape index (κ2) is 9.94. The van der Waals surface area contributed by atoms with Crippen LogP contribution in [0.15, 0.2) is 76.9 Å². The predicted molar refractivity (Wildman–Crippen MR) is 127 cm³/mol. The first kappa shape index (κ1) is 20.7. The Morgan fingerprint density at radius 2 is 1.70 bits per heavy atom. The average molecular weight is 417 g/mol. The number of aryl methyl sites for hydroxylation is 1. The van der Waals surface area contributed by atoms with Crippen LogP contribution >= 0.6 is 11.8 Å². The summed E-state index contributed by atoms with van der Waals surface area (Å²) in [7, 11) is 2.08. The molecular weight excluding hydrogens is 386 g/mol. The standard InChI is InChI=1S/C26H30N3S/c1-3-4-5-6-12-17-29-23-15-10-11-16-24(23)30-26(29)18-25-27-19-22(20-28(25)2)21-13-8-7-9-14-21/h7-11,13-16,18-20H,3-6,12,17H2,1-2H3/q+1. The number of unbranched alkanes of at least 4 members (excludes halogenated alkanes) is 4. The van der Waals surface area contributed by atoms with Crippen LogP contribution in [0.3, 0.4) is 0 Å². The Labute approximate surface area is 184 Å². The van der Waals surface area contributed by atoms with Crippen LogP contribution in [0.2, 0.25) is 0 Å². The molecule has 2 heterocycles. The topological polar surface area (TPSA) is 20.0 Å². The Kier molecular flexibility index (Phi) is 6.85. The van der Waals surface area contributed by atoms with Crippen molar-refractivity contribution in [3.05, 3.63) is 77.8 Å². The molecule has 1 aliphatic rings. The van der Waals surface area contributed by atoms with Crippen molar-refractivity contribution in [2.45, 2.75) is 43.9 Å². The smallest absolute Gasteiger partial charge is 0.325 e. The van der Waals surface area contributed by atoms with Crippen molar-refractivity contribution in [1.29, 1.82) is 0 Å². The number of nitrogens with zero attached hydrogens (tertiary/aromatic N) is 3. The summed E-state index contributed by atoms with van der Waals surface area (Å²) >= 11 is 1.85. The van der Waals surface area contributed by atoms with Gasteiger partial charge in [-0.2, -0.15) is 0 Å². The molecule has 0 amide bonds. The van der Waals surface area contributed by atoms with Crippen molar-refractivity contribution >= 4 is 23.5 Å². The first-order valence-electron chi connectivity index (χ1n) is 10.9. The highest BCUT2D eigenvalue weighted by molar-refractivity contribution is 8.03. The van der Waals surface area contributed by atoms with Gasteiger partial charge in [-0.15, -0.1) is 0 Å². The number of rotatable bonds is 8. The third-order valence-electron chi connectivity index (χ3n) is 5.51. The number of benzene rings is 2. The van der Waals surface area contributed by atoms with Crippen molar-refractivity contribution in [1.82, 2.24) is 4.98 Å². The average Bonchev–Trinajstić information content (AvgIpc) is 3.13. The molecular formula is C26H30N3S+. The van der Waals surface area contributed by atoms with Crippen LogP contribution in [-0.2, 0) is 7.05 Å². The number of hydrogen-bond acceptors (Lipinski definition) is 3. The zero-order valence-corrected chi connectivity index (χ0v) is 18.7. The van der Waals surface area contributed by atoms with E-state index in [1.54, 1.807) is 0 Å². The summed E-state index contributed by atoms with van der Waals surface area (Å²) in [5.41, 5.74) is 3.65. The van der Waals surface area contributed by atoms with E-state index in [-0.39, 0.29) is 0 Å². The summed E-state index contributed by atoms with van der Waals surface area (Å²) in [6, 6.07) is 19.1. The number of aromatic nitrogens is 2. The fraction of sp³-hybridized carbons (Fsp3) is 0.308. The Bertz CT molecular complexity index is 1010. The van der Waals surface area contributed by atoms with E-state index >= 15 is 0 Å². The lowest BCUT2D eigenvalue weighted by molar-refractivity contribution is -0.675. The maximum absolute atomic E-state index is 4.78. The number of hydrogen-bond donors (Lipinski definition) is 0. The summed E-state index contributed by atoms with van der Waals surface area (Å²) in [6.45, 7) is 3.33. The molecule has 0 radical (unpaired) electrons. The van der Waals surface area contributed by atoms with Gasteiger partial charge in [-0.1, -0.05) is 86.8 Å². The molecule has 0 unspecified atom stereocenters. The van der Waals surface area contributed by atoms with Crippen molar-refractivity contribution < 1.29 is 4.57 Å². The Balaban J connectivity index is 1.56. The van der Waals surface area contributed by atoms with E-state index < -0.39 is 0 Å². The molecule has 0 N–H and O–H groups in total. The number of thioether (sulfide) groups is 1. The van der Waals surface area contributed by atoms with Crippen molar-refractivity contribution in [3.8, 4) is 11.1 Å². The van der Waals surface area contributed by atoms with Gasteiger partial charge in [0.2, 0.25) is 0 Å². The van der Waals surface area contributed by atoms with E-state index in [0.717, 1.165) is 17.9 Å². The molecule has 154 valence electrons. The van der Waals surface area contributed by atoms with Gasteiger partial charge in [0.25, 0.3) is 0 Å². The molecule has 0 aliphatic carbocycles. The first-order chi connectivity index (χ1) is 14.8. The van der Waals surface area contributed by atoms with Crippen LogP contribution in [0.1, 0.15) is 44.9 Å². The predicted octanol–water partition coefficient (Wildman–Crippen LogP) is 6.45. The van der Waals surface area contributed by atoms with Gasteiger partial charge in [0.1, 0.15) is 6.20 Å². The molecule has 4 heteroatoms. The Morgan fingerprint density at radius 1 is 0.933 bits per heavy atom. The minimum atomic E-state index is 0.973. The summed E-state index contributed by atoms with van der Waals surface area (Å²) in [5.74, 6) is 0.973. The van der Waals surface area contributed by atoms with Crippen molar-refractivity contribution in [2.75, 3.05) is 11.4 Å². The molecule has 1 aliphatic heterocycles. The van der Waals surface area contributed by atoms with E-state index in [2.05, 4.69) is 84.2 Å². The molecule has 0 bridgehead atoms. The second-order valence-electron chi connectivity index (χ2n) is 7.80. The SMILES string of the molecule is CCCCCCCN1C(=Cc2ncc(-c3ccccc3)c[n+]2C)Sc2ccccc21. The number of anilines is 1.